The van der Waals surface area contributed by atoms with E-state index in [1.54, 1.807) is 7.11 Å². The summed E-state index contributed by atoms with van der Waals surface area (Å²) in [7, 11) is 1.57. The van der Waals surface area contributed by atoms with Gasteiger partial charge in [0.15, 0.2) is 0 Å². The predicted molar refractivity (Wildman–Crippen MR) is 87.3 cm³/mol. The number of carbonyl (C=O) groups excluding carboxylic acids is 1. The molecule has 1 saturated heterocycles. The lowest BCUT2D eigenvalue weighted by molar-refractivity contribution is -0.124. The first-order chi connectivity index (χ1) is 11.1. The normalized spacial score (nSPS) is 17.9. The largest absolute Gasteiger partial charge is 0.380 e. The maximum absolute atomic E-state index is 12.9. The van der Waals surface area contributed by atoms with Crippen LogP contribution in [0.1, 0.15) is 24.8 Å². The average molecular weight is 323 g/mol. The van der Waals surface area contributed by atoms with Gasteiger partial charge in [-0.2, -0.15) is 0 Å². The van der Waals surface area contributed by atoms with Crippen molar-refractivity contribution in [2.75, 3.05) is 26.7 Å². The first-order valence-electron chi connectivity index (χ1n) is 8.09. The first kappa shape index (κ1) is 17.8. The number of nitrogens with two attached hydrogens (primary N) is 1. The molecule has 128 valence electrons. The zero-order valence-corrected chi connectivity index (χ0v) is 13.6. The van der Waals surface area contributed by atoms with Gasteiger partial charge in [0.05, 0.1) is 12.5 Å². The second-order valence-corrected chi connectivity index (χ2v) is 6.04. The van der Waals surface area contributed by atoms with Crippen LogP contribution >= 0.6 is 0 Å². The van der Waals surface area contributed by atoms with Crippen molar-refractivity contribution >= 4 is 5.91 Å². The molecule has 23 heavy (non-hydrogen) atoms. The topological polar surface area (TPSA) is 67.6 Å². The molecule has 0 bridgehead atoms. The van der Waals surface area contributed by atoms with Crippen LogP contribution in [0.5, 0.6) is 0 Å². The number of carbonyl (C=O) groups is 1. The third kappa shape index (κ3) is 5.89. The number of nitrogens with zero attached hydrogens (tertiary/aromatic N) is 1. The smallest absolute Gasteiger partial charge is 0.222 e. The van der Waals surface area contributed by atoms with E-state index in [0.29, 0.717) is 13.0 Å². The Morgan fingerprint density at radius 3 is 2.61 bits per heavy atom. The molecule has 5 nitrogen and oxygen atoms in total. The third-order valence-corrected chi connectivity index (χ3v) is 4.28. The van der Waals surface area contributed by atoms with Crippen molar-refractivity contribution in [1.29, 1.82) is 0 Å². The van der Waals surface area contributed by atoms with Gasteiger partial charge < -0.3 is 15.8 Å². The zero-order valence-electron chi connectivity index (χ0n) is 13.6. The van der Waals surface area contributed by atoms with Gasteiger partial charge in [-0.3, -0.25) is 9.69 Å². The summed E-state index contributed by atoms with van der Waals surface area (Å²) < 4.78 is 18.0. The predicted octanol–water partition coefficient (Wildman–Crippen LogP) is 1.27. The average Bonchev–Trinajstić information content (AvgIpc) is 2.56. The number of piperidine rings is 1. The lowest BCUT2D eigenvalue weighted by Gasteiger charge is -2.32. The van der Waals surface area contributed by atoms with Gasteiger partial charge in [-0.25, -0.2) is 4.39 Å². The van der Waals surface area contributed by atoms with Gasteiger partial charge in [0.1, 0.15) is 5.82 Å². The minimum atomic E-state index is -0.214. The summed E-state index contributed by atoms with van der Waals surface area (Å²) in [5.41, 5.74) is 6.64. The number of hydrogen-bond acceptors (Lipinski definition) is 4. The van der Waals surface area contributed by atoms with Crippen molar-refractivity contribution in [2.24, 2.45) is 5.73 Å². The number of likely N-dealkylation sites (tertiary alicyclic amines) is 1. The van der Waals surface area contributed by atoms with Gasteiger partial charge in [-0.05, 0) is 30.5 Å². The van der Waals surface area contributed by atoms with Gasteiger partial charge >= 0.3 is 0 Å². The number of benzene rings is 1. The van der Waals surface area contributed by atoms with Crippen LogP contribution in [0.3, 0.4) is 0 Å². The number of nitrogens with one attached hydrogen (secondary N) is 1. The van der Waals surface area contributed by atoms with Gasteiger partial charge in [-0.15, -0.1) is 0 Å². The Morgan fingerprint density at radius 2 is 2.04 bits per heavy atom. The number of hydrogen-bond donors (Lipinski definition) is 2. The molecule has 3 N–H and O–H groups in total. The van der Waals surface area contributed by atoms with Crippen molar-refractivity contribution < 1.29 is 13.9 Å². The minimum Gasteiger partial charge on any atom is -0.380 e. The SMILES string of the molecule is COC(CN)CC(=O)NC1CCN(Cc2ccc(F)cc2)CC1. The monoisotopic (exact) mass is 323 g/mol. The summed E-state index contributed by atoms with van der Waals surface area (Å²) in [5.74, 6) is -0.207. The number of ether oxygens (including phenoxy) is 1. The molecule has 0 aliphatic carbocycles. The lowest BCUT2D eigenvalue weighted by atomic mass is 10.0. The molecule has 0 spiro atoms. The Morgan fingerprint density at radius 1 is 1.39 bits per heavy atom. The van der Waals surface area contributed by atoms with Gasteiger partial charge in [0.2, 0.25) is 5.91 Å². The Kier molecular flexibility index (Phi) is 6.95. The van der Waals surface area contributed by atoms with Crippen LogP contribution in [0.4, 0.5) is 4.39 Å². The van der Waals surface area contributed by atoms with Crippen molar-refractivity contribution in [1.82, 2.24) is 10.2 Å². The summed E-state index contributed by atoms with van der Waals surface area (Å²) in [5, 5.41) is 3.06. The number of amides is 1. The fraction of sp³-hybridized carbons (Fsp3) is 0.588. The third-order valence-electron chi connectivity index (χ3n) is 4.28. The Bertz CT molecular complexity index is 483. The number of rotatable bonds is 7. The van der Waals surface area contributed by atoms with Crippen LogP contribution in [-0.4, -0.2) is 49.7 Å². The Labute approximate surface area is 137 Å². The van der Waals surface area contributed by atoms with Crippen LogP contribution in [0.2, 0.25) is 0 Å². The van der Waals surface area contributed by atoms with E-state index in [-0.39, 0.29) is 23.9 Å². The Hall–Kier alpha value is -1.50. The van der Waals surface area contributed by atoms with E-state index in [9.17, 15) is 9.18 Å². The standard InChI is InChI=1S/C17H26FN3O2/c1-23-16(11-19)10-17(22)20-15-6-8-21(9-7-15)12-13-2-4-14(18)5-3-13/h2-5,15-16H,6-12,19H2,1H3,(H,20,22). The quantitative estimate of drug-likeness (QED) is 0.793. The molecule has 6 heteroatoms. The fourth-order valence-electron chi connectivity index (χ4n) is 2.84. The highest BCUT2D eigenvalue weighted by Crippen LogP contribution is 2.14. The highest BCUT2D eigenvalue weighted by Gasteiger charge is 2.21. The molecule has 2 rings (SSSR count). The molecule has 1 aromatic carbocycles. The van der Waals surface area contributed by atoms with Gasteiger partial charge in [0, 0.05) is 39.3 Å². The van der Waals surface area contributed by atoms with Crippen LogP contribution in [0.15, 0.2) is 24.3 Å². The maximum atomic E-state index is 12.9. The second-order valence-electron chi connectivity index (χ2n) is 6.04. The molecule has 1 unspecified atom stereocenters. The summed E-state index contributed by atoms with van der Waals surface area (Å²) in [6, 6.07) is 6.84. The molecule has 1 aromatic rings. The zero-order chi connectivity index (χ0) is 16.7. The molecule has 0 radical (unpaired) electrons. The molecule has 1 aliphatic rings. The fourth-order valence-corrected chi connectivity index (χ4v) is 2.84. The molecule has 0 saturated carbocycles. The second kappa shape index (κ2) is 8.96. The van der Waals surface area contributed by atoms with Crippen LogP contribution in [0.25, 0.3) is 0 Å². The molecule has 1 aliphatic heterocycles. The molecule has 1 atom stereocenters. The summed E-state index contributed by atoms with van der Waals surface area (Å²) in [6.07, 6.45) is 1.94. The van der Waals surface area contributed by atoms with E-state index in [1.165, 1.54) is 12.1 Å². The maximum Gasteiger partial charge on any atom is 0.222 e. The number of methoxy groups -OCH3 is 1. The van der Waals surface area contributed by atoms with Gasteiger partial charge in [-0.1, -0.05) is 12.1 Å². The molecule has 1 amide bonds. The molecule has 0 aromatic heterocycles. The van der Waals surface area contributed by atoms with E-state index in [0.717, 1.165) is 38.0 Å². The summed E-state index contributed by atoms with van der Waals surface area (Å²) in [6.45, 7) is 3.01. The Balaban J connectivity index is 1.71. The van der Waals surface area contributed by atoms with Crippen LogP contribution in [-0.2, 0) is 16.1 Å². The molecular formula is C17H26FN3O2. The van der Waals surface area contributed by atoms with E-state index < -0.39 is 0 Å². The molecular weight excluding hydrogens is 297 g/mol. The van der Waals surface area contributed by atoms with Gasteiger partial charge in [0.25, 0.3) is 0 Å². The van der Waals surface area contributed by atoms with Crippen LogP contribution in [0, 0.1) is 5.82 Å². The van der Waals surface area contributed by atoms with Crippen molar-refractivity contribution in [2.45, 2.75) is 38.0 Å². The highest BCUT2D eigenvalue weighted by atomic mass is 19.1. The minimum absolute atomic E-state index is 0.000662. The first-order valence-corrected chi connectivity index (χ1v) is 8.09. The molecule has 1 heterocycles. The summed E-state index contributed by atoms with van der Waals surface area (Å²) >= 11 is 0. The van der Waals surface area contributed by atoms with E-state index in [4.69, 9.17) is 10.5 Å². The van der Waals surface area contributed by atoms with Crippen molar-refractivity contribution in [3.63, 3.8) is 0 Å². The summed E-state index contributed by atoms with van der Waals surface area (Å²) in [4.78, 5) is 14.3. The number of halogens is 1. The molecule has 1 fully saturated rings. The lowest BCUT2D eigenvalue weighted by Crippen LogP contribution is -2.45. The highest BCUT2D eigenvalue weighted by molar-refractivity contribution is 5.76. The van der Waals surface area contributed by atoms with Crippen molar-refractivity contribution in [3.05, 3.63) is 35.6 Å². The van der Waals surface area contributed by atoms with E-state index in [1.807, 2.05) is 12.1 Å². The van der Waals surface area contributed by atoms with Crippen molar-refractivity contribution in [3.8, 4) is 0 Å². The van der Waals surface area contributed by atoms with E-state index >= 15 is 0 Å². The van der Waals surface area contributed by atoms with E-state index in [2.05, 4.69) is 10.2 Å². The van der Waals surface area contributed by atoms with Crippen LogP contribution < -0.4 is 11.1 Å².